The van der Waals surface area contributed by atoms with E-state index in [1.807, 2.05) is 0 Å². The Balaban J connectivity index is 2.97. The first kappa shape index (κ1) is 11.3. The first-order valence-electron chi connectivity index (χ1n) is 4.06. The molecule has 1 rings (SSSR count). The van der Waals surface area contributed by atoms with Gasteiger partial charge in [0.05, 0.1) is 10.6 Å². The molecule has 1 aromatic rings. The standard InChI is InChI=1S/C9H9ClN2O3/c1-11-9(15)12-5-2-3-7(10)6(4-5)8(13)14/h2-4H,1H3,(H,13,14)(H2,11,12,15). The van der Waals surface area contributed by atoms with Gasteiger partial charge >= 0.3 is 12.0 Å². The molecule has 80 valence electrons. The number of anilines is 1. The molecule has 0 saturated carbocycles. The molecule has 0 heterocycles. The van der Waals surface area contributed by atoms with Crippen LogP contribution in [0.4, 0.5) is 10.5 Å². The number of amides is 2. The maximum atomic E-state index is 10.9. The van der Waals surface area contributed by atoms with Crippen LogP contribution in [0.5, 0.6) is 0 Å². The van der Waals surface area contributed by atoms with Gasteiger partial charge in [0.2, 0.25) is 0 Å². The number of carboxylic acids is 1. The minimum absolute atomic E-state index is 0.0504. The summed E-state index contributed by atoms with van der Waals surface area (Å²) in [7, 11) is 1.46. The number of carbonyl (C=O) groups excluding carboxylic acids is 1. The van der Waals surface area contributed by atoms with Crippen LogP contribution in [0.15, 0.2) is 18.2 Å². The number of halogens is 1. The number of carboxylic acid groups (broad SMARTS) is 1. The number of carbonyl (C=O) groups is 2. The number of urea groups is 1. The summed E-state index contributed by atoms with van der Waals surface area (Å²) >= 11 is 5.65. The second-order valence-corrected chi connectivity index (χ2v) is 3.11. The van der Waals surface area contributed by atoms with Crippen LogP contribution in [0.25, 0.3) is 0 Å². The van der Waals surface area contributed by atoms with E-state index in [4.69, 9.17) is 16.7 Å². The van der Waals surface area contributed by atoms with Gasteiger partial charge in [-0.2, -0.15) is 0 Å². The topological polar surface area (TPSA) is 78.4 Å². The minimum atomic E-state index is -1.14. The highest BCUT2D eigenvalue weighted by Crippen LogP contribution is 2.20. The van der Waals surface area contributed by atoms with E-state index >= 15 is 0 Å². The molecule has 0 spiro atoms. The number of aromatic carboxylic acids is 1. The van der Waals surface area contributed by atoms with Gasteiger partial charge in [-0.25, -0.2) is 9.59 Å². The molecule has 0 aliphatic heterocycles. The lowest BCUT2D eigenvalue weighted by atomic mass is 10.2. The van der Waals surface area contributed by atoms with Crippen molar-refractivity contribution in [3.63, 3.8) is 0 Å². The van der Waals surface area contributed by atoms with Gasteiger partial charge in [0.15, 0.2) is 0 Å². The summed E-state index contributed by atoms with van der Waals surface area (Å²) in [6, 6.07) is 3.80. The summed E-state index contributed by atoms with van der Waals surface area (Å²) in [4.78, 5) is 21.7. The maximum absolute atomic E-state index is 10.9. The van der Waals surface area contributed by atoms with E-state index in [0.717, 1.165) is 0 Å². The third-order valence-corrected chi connectivity index (χ3v) is 2.01. The van der Waals surface area contributed by atoms with Crippen molar-refractivity contribution in [1.29, 1.82) is 0 Å². The normalized spacial score (nSPS) is 9.47. The number of hydrogen-bond donors (Lipinski definition) is 3. The average Bonchev–Trinajstić information content (AvgIpc) is 2.20. The molecule has 0 unspecified atom stereocenters. The summed E-state index contributed by atoms with van der Waals surface area (Å²) in [6.07, 6.45) is 0. The molecule has 6 heteroatoms. The fourth-order valence-corrected chi connectivity index (χ4v) is 1.16. The molecular formula is C9H9ClN2O3. The lowest BCUT2D eigenvalue weighted by Crippen LogP contribution is -2.24. The molecule has 0 fully saturated rings. The summed E-state index contributed by atoms with van der Waals surface area (Å²) in [5, 5.41) is 13.7. The second kappa shape index (κ2) is 4.65. The van der Waals surface area contributed by atoms with Gasteiger partial charge in [-0.05, 0) is 18.2 Å². The quantitative estimate of drug-likeness (QED) is 0.722. The molecule has 0 bridgehead atoms. The van der Waals surface area contributed by atoms with Gasteiger partial charge in [0.1, 0.15) is 0 Å². The van der Waals surface area contributed by atoms with Crippen LogP contribution in [-0.4, -0.2) is 24.2 Å². The van der Waals surface area contributed by atoms with E-state index < -0.39 is 12.0 Å². The number of hydrogen-bond acceptors (Lipinski definition) is 2. The third-order valence-electron chi connectivity index (χ3n) is 1.68. The summed E-state index contributed by atoms with van der Waals surface area (Å²) in [5.74, 6) is -1.14. The Morgan fingerprint density at radius 3 is 2.60 bits per heavy atom. The molecule has 3 N–H and O–H groups in total. The lowest BCUT2D eigenvalue weighted by molar-refractivity contribution is 0.0697. The van der Waals surface area contributed by atoms with Crippen LogP contribution >= 0.6 is 11.6 Å². The molecule has 1 aromatic carbocycles. The molecule has 2 amide bonds. The maximum Gasteiger partial charge on any atom is 0.337 e. The Morgan fingerprint density at radius 2 is 2.07 bits per heavy atom. The van der Waals surface area contributed by atoms with Crippen LogP contribution in [0, 0.1) is 0 Å². The zero-order chi connectivity index (χ0) is 11.4. The molecule has 0 saturated heterocycles. The van der Waals surface area contributed by atoms with Crippen molar-refractivity contribution in [3.05, 3.63) is 28.8 Å². The predicted molar refractivity (Wildman–Crippen MR) is 56.5 cm³/mol. The van der Waals surface area contributed by atoms with Crippen molar-refractivity contribution >= 4 is 29.3 Å². The van der Waals surface area contributed by atoms with Crippen LogP contribution in [0.1, 0.15) is 10.4 Å². The van der Waals surface area contributed by atoms with E-state index in [9.17, 15) is 9.59 Å². The Bertz CT molecular complexity index is 406. The Labute approximate surface area is 91.0 Å². The lowest BCUT2D eigenvalue weighted by Gasteiger charge is -2.06. The SMILES string of the molecule is CNC(=O)Nc1ccc(Cl)c(C(=O)O)c1. The highest BCUT2D eigenvalue weighted by molar-refractivity contribution is 6.33. The van der Waals surface area contributed by atoms with Gasteiger partial charge < -0.3 is 15.7 Å². The Kier molecular flexibility index (Phi) is 3.51. The van der Waals surface area contributed by atoms with Gasteiger partial charge in [-0.3, -0.25) is 0 Å². The highest BCUT2D eigenvalue weighted by atomic mass is 35.5. The number of nitrogens with one attached hydrogen (secondary N) is 2. The number of rotatable bonds is 2. The van der Waals surface area contributed by atoms with Crippen molar-refractivity contribution in [1.82, 2.24) is 5.32 Å². The van der Waals surface area contributed by atoms with Gasteiger partial charge in [-0.1, -0.05) is 11.6 Å². The van der Waals surface area contributed by atoms with Crippen LogP contribution in [0.3, 0.4) is 0 Å². The first-order chi connectivity index (χ1) is 7.04. The summed E-state index contributed by atoms with van der Waals surface area (Å²) in [5.41, 5.74) is 0.321. The number of benzene rings is 1. The van der Waals surface area contributed by atoms with Crippen molar-refractivity contribution in [2.45, 2.75) is 0 Å². The molecule has 0 radical (unpaired) electrons. The van der Waals surface area contributed by atoms with E-state index in [1.165, 1.54) is 25.2 Å². The van der Waals surface area contributed by atoms with Gasteiger partial charge in [0.25, 0.3) is 0 Å². The first-order valence-corrected chi connectivity index (χ1v) is 4.44. The monoisotopic (exact) mass is 228 g/mol. The van der Waals surface area contributed by atoms with Crippen LogP contribution < -0.4 is 10.6 Å². The molecular weight excluding hydrogens is 220 g/mol. The minimum Gasteiger partial charge on any atom is -0.478 e. The van der Waals surface area contributed by atoms with Crippen molar-refractivity contribution in [2.24, 2.45) is 0 Å². The Morgan fingerprint density at radius 1 is 1.40 bits per heavy atom. The van der Waals surface area contributed by atoms with Crippen LogP contribution in [-0.2, 0) is 0 Å². The van der Waals surface area contributed by atoms with E-state index in [-0.39, 0.29) is 10.6 Å². The molecule has 0 atom stereocenters. The predicted octanol–water partition coefficient (Wildman–Crippen LogP) is 1.79. The zero-order valence-corrected chi connectivity index (χ0v) is 8.63. The smallest absolute Gasteiger partial charge is 0.337 e. The highest BCUT2D eigenvalue weighted by Gasteiger charge is 2.10. The van der Waals surface area contributed by atoms with E-state index in [2.05, 4.69) is 10.6 Å². The van der Waals surface area contributed by atoms with Crippen molar-refractivity contribution < 1.29 is 14.7 Å². The molecule has 15 heavy (non-hydrogen) atoms. The average molecular weight is 229 g/mol. The molecule has 5 nitrogen and oxygen atoms in total. The van der Waals surface area contributed by atoms with Crippen LogP contribution in [0.2, 0.25) is 5.02 Å². The van der Waals surface area contributed by atoms with E-state index in [0.29, 0.717) is 5.69 Å². The molecule has 0 aromatic heterocycles. The summed E-state index contributed by atoms with van der Waals surface area (Å²) in [6.45, 7) is 0. The van der Waals surface area contributed by atoms with E-state index in [1.54, 1.807) is 0 Å². The second-order valence-electron chi connectivity index (χ2n) is 2.70. The van der Waals surface area contributed by atoms with Gasteiger partial charge in [0, 0.05) is 12.7 Å². The Hall–Kier alpha value is -1.75. The summed E-state index contributed by atoms with van der Waals surface area (Å²) < 4.78 is 0. The van der Waals surface area contributed by atoms with Crippen molar-refractivity contribution in [2.75, 3.05) is 12.4 Å². The fourth-order valence-electron chi connectivity index (χ4n) is 0.961. The molecule has 0 aliphatic carbocycles. The largest absolute Gasteiger partial charge is 0.478 e. The third kappa shape index (κ3) is 2.85. The molecule has 0 aliphatic rings. The fraction of sp³-hybridized carbons (Fsp3) is 0.111. The zero-order valence-electron chi connectivity index (χ0n) is 7.87. The van der Waals surface area contributed by atoms with Crippen molar-refractivity contribution in [3.8, 4) is 0 Å². The van der Waals surface area contributed by atoms with Gasteiger partial charge in [-0.15, -0.1) is 0 Å².